The Morgan fingerprint density at radius 2 is 2.00 bits per heavy atom. The van der Waals surface area contributed by atoms with Crippen LogP contribution in [0, 0.1) is 29.1 Å². The van der Waals surface area contributed by atoms with Crippen LogP contribution >= 0.6 is 0 Å². The van der Waals surface area contributed by atoms with E-state index in [4.69, 9.17) is 5.26 Å². The van der Waals surface area contributed by atoms with Crippen molar-refractivity contribution in [2.75, 3.05) is 19.6 Å². The van der Waals surface area contributed by atoms with Crippen LogP contribution in [0.5, 0.6) is 0 Å². The van der Waals surface area contributed by atoms with Crippen molar-refractivity contribution < 1.29 is 0 Å². The third kappa shape index (κ3) is 1.86. The van der Waals surface area contributed by atoms with Gasteiger partial charge in [-0.15, -0.1) is 0 Å². The minimum atomic E-state index is 0.207. The first kappa shape index (κ1) is 9.02. The van der Waals surface area contributed by atoms with E-state index in [9.17, 15) is 0 Å². The topological polar surface area (TPSA) is 27.0 Å². The molecular weight excluding hydrogens is 160 g/mol. The van der Waals surface area contributed by atoms with Gasteiger partial charge in [-0.1, -0.05) is 6.42 Å². The van der Waals surface area contributed by atoms with E-state index in [2.05, 4.69) is 11.0 Å². The quantitative estimate of drug-likeness (QED) is 0.645. The van der Waals surface area contributed by atoms with Crippen molar-refractivity contribution in [2.45, 2.75) is 26.2 Å². The molecule has 0 aromatic carbocycles. The predicted octanol–water partition coefficient (Wildman–Crippen LogP) is 1.88. The summed E-state index contributed by atoms with van der Waals surface area (Å²) in [5.41, 5.74) is 0. The van der Waals surface area contributed by atoms with Crippen molar-refractivity contribution in [3.63, 3.8) is 0 Å². The van der Waals surface area contributed by atoms with E-state index >= 15 is 0 Å². The number of likely N-dealkylation sites (tertiary alicyclic amines) is 1. The number of fused-ring (bicyclic) bond motifs is 1. The van der Waals surface area contributed by atoms with Crippen LogP contribution in [0.1, 0.15) is 26.2 Å². The van der Waals surface area contributed by atoms with Crippen LogP contribution in [0.15, 0.2) is 0 Å². The molecule has 2 heteroatoms. The lowest BCUT2D eigenvalue weighted by molar-refractivity contribution is 0.290. The molecule has 0 amide bonds. The van der Waals surface area contributed by atoms with Crippen LogP contribution < -0.4 is 0 Å². The second-order valence-corrected chi connectivity index (χ2v) is 4.70. The maximum Gasteiger partial charge on any atom is 0.0666 e. The predicted molar refractivity (Wildman–Crippen MR) is 52.0 cm³/mol. The van der Waals surface area contributed by atoms with E-state index in [1.165, 1.54) is 32.4 Å². The van der Waals surface area contributed by atoms with Gasteiger partial charge in [0.2, 0.25) is 0 Å². The first-order valence-electron chi connectivity index (χ1n) is 5.41. The Labute approximate surface area is 80.5 Å². The Bertz CT molecular complexity index is 207. The first-order valence-corrected chi connectivity index (χ1v) is 5.41. The van der Waals surface area contributed by atoms with Gasteiger partial charge in [0.05, 0.1) is 12.0 Å². The Morgan fingerprint density at radius 1 is 1.38 bits per heavy atom. The van der Waals surface area contributed by atoms with E-state index in [0.29, 0.717) is 0 Å². The highest BCUT2D eigenvalue weighted by Gasteiger charge is 2.35. The molecule has 1 aliphatic heterocycles. The van der Waals surface area contributed by atoms with Gasteiger partial charge in [-0.25, -0.2) is 0 Å². The zero-order chi connectivity index (χ0) is 9.26. The summed E-state index contributed by atoms with van der Waals surface area (Å²) in [6, 6.07) is 2.32. The standard InChI is InChI=1S/C11H18N2/c1-9(5-12)6-13-7-10-3-2-4-11(10)8-13/h9-11H,2-4,6-8H2,1H3. The van der Waals surface area contributed by atoms with E-state index < -0.39 is 0 Å². The summed E-state index contributed by atoms with van der Waals surface area (Å²) in [5.74, 6) is 2.13. The third-order valence-corrected chi connectivity index (χ3v) is 3.55. The minimum Gasteiger partial charge on any atom is -0.301 e. The Kier molecular flexibility index (Phi) is 2.55. The molecule has 1 aliphatic carbocycles. The van der Waals surface area contributed by atoms with Crippen LogP contribution in [0.2, 0.25) is 0 Å². The second-order valence-electron chi connectivity index (χ2n) is 4.70. The maximum atomic E-state index is 8.72. The van der Waals surface area contributed by atoms with Gasteiger partial charge < -0.3 is 4.90 Å². The normalized spacial score (nSPS) is 35.7. The SMILES string of the molecule is CC(C#N)CN1CC2CCCC2C1. The molecule has 0 spiro atoms. The fourth-order valence-corrected chi connectivity index (χ4v) is 2.91. The van der Waals surface area contributed by atoms with Crippen molar-refractivity contribution in [2.24, 2.45) is 17.8 Å². The van der Waals surface area contributed by atoms with Gasteiger partial charge in [0.15, 0.2) is 0 Å². The molecule has 0 radical (unpaired) electrons. The molecule has 2 fully saturated rings. The highest BCUT2D eigenvalue weighted by Crippen LogP contribution is 2.37. The van der Waals surface area contributed by atoms with E-state index in [1.54, 1.807) is 0 Å². The minimum absolute atomic E-state index is 0.207. The van der Waals surface area contributed by atoms with Crippen molar-refractivity contribution >= 4 is 0 Å². The van der Waals surface area contributed by atoms with Crippen LogP contribution in [0.25, 0.3) is 0 Å². The summed E-state index contributed by atoms with van der Waals surface area (Å²) in [7, 11) is 0. The molecule has 2 aliphatic rings. The molecule has 3 atom stereocenters. The Balaban J connectivity index is 1.82. The molecule has 72 valence electrons. The molecule has 2 nitrogen and oxygen atoms in total. The van der Waals surface area contributed by atoms with Crippen molar-refractivity contribution in [3.8, 4) is 6.07 Å². The number of rotatable bonds is 2. The van der Waals surface area contributed by atoms with E-state index in [0.717, 1.165) is 18.4 Å². The van der Waals surface area contributed by atoms with Crippen molar-refractivity contribution in [1.29, 1.82) is 5.26 Å². The molecule has 0 bridgehead atoms. The maximum absolute atomic E-state index is 8.72. The van der Waals surface area contributed by atoms with E-state index in [-0.39, 0.29) is 5.92 Å². The lowest BCUT2D eigenvalue weighted by atomic mass is 10.0. The zero-order valence-corrected chi connectivity index (χ0v) is 8.37. The van der Waals surface area contributed by atoms with Gasteiger partial charge >= 0.3 is 0 Å². The third-order valence-electron chi connectivity index (χ3n) is 3.55. The first-order chi connectivity index (χ1) is 6.29. The largest absolute Gasteiger partial charge is 0.301 e. The molecule has 2 rings (SSSR count). The number of hydrogen-bond donors (Lipinski definition) is 0. The van der Waals surface area contributed by atoms with E-state index in [1.807, 2.05) is 6.92 Å². The van der Waals surface area contributed by atoms with Gasteiger partial charge in [-0.2, -0.15) is 5.26 Å². The lowest BCUT2D eigenvalue weighted by Crippen LogP contribution is -2.26. The number of hydrogen-bond acceptors (Lipinski definition) is 2. The highest BCUT2D eigenvalue weighted by atomic mass is 15.2. The van der Waals surface area contributed by atoms with Crippen molar-refractivity contribution in [1.82, 2.24) is 4.90 Å². The summed E-state index contributed by atoms with van der Waals surface area (Å²) < 4.78 is 0. The van der Waals surface area contributed by atoms with Crippen LogP contribution in [-0.4, -0.2) is 24.5 Å². The fourth-order valence-electron chi connectivity index (χ4n) is 2.91. The van der Waals surface area contributed by atoms with Gasteiger partial charge in [-0.05, 0) is 31.6 Å². The summed E-state index contributed by atoms with van der Waals surface area (Å²) in [5, 5.41) is 8.72. The average molecular weight is 178 g/mol. The molecule has 0 aromatic rings. The lowest BCUT2D eigenvalue weighted by Gasteiger charge is -2.17. The van der Waals surface area contributed by atoms with Crippen LogP contribution in [0.3, 0.4) is 0 Å². The molecule has 0 N–H and O–H groups in total. The monoisotopic (exact) mass is 178 g/mol. The zero-order valence-electron chi connectivity index (χ0n) is 8.37. The van der Waals surface area contributed by atoms with Crippen LogP contribution in [0.4, 0.5) is 0 Å². The fraction of sp³-hybridized carbons (Fsp3) is 0.909. The molecule has 1 saturated carbocycles. The van der Waals surface area contributed by atoms with Gasteiger partial charge in [0.25, 0.3) is 0 Å². The molecule has 0 aromatic heterocycles. The molecular formula is C11H18N2. The summed E-state index contributed by atoms with van der Waals surface area (Å²) in [6.45, 7) is 5.53. The Morgan fingerprint density at radius 3 is 2.54 bits per heavy atom. The summed E-state index contributed by atoms with van der Waals surface area (Å²) >= 11 is 0. The molecule has 13 heavy (non-hydrogen) atoms. The number of nitrogens with zero attached hydrogens (tertiary/aromatic N) is 2. The second kappa shape index (κ2) is 3.67. The van der Waals surface area contributed by atoms with Gasteiger partial charge in [-0.3, -0.25) is 0 Å². The van der Waals surface area contributed by atoms with Gasteiger partial charge in [0, 0.05) is 19.6 Å². The molecule has 1 heterocycles. The Hall–Kier alpha value is -0.550. The molecule has 1 saturated heterocycles. The summed E-state index contributed by atoms with van der Waals surface area (Å²) in [4.78, 5) is 2.49. The van der Waals surface area contributed by atoms with Crippen LogP contribution in [-0.2, 0) is 0 Å². The molecule has 3 unspecified atom stereocenters. The van der Waals surface area contributed by atoms with Gasteiger partial charge in [0.1, 0.15) is 0 Å². The average Bonchev–Trinajstić information content (AvgIpc) is 2.63. The highest BCUT2D eigenvalue weighted by molar-refractivity contribution is 4.91. The van der Waals surface area contributed by atoms with Crippen molar-refractivity contribution in [3.05, 3.63) is 0 Å². The summed E-state index contributed by atoms with van der Waals surface area (Å²) in [6.07, 6.45) is 4.31. The number of nitriles is 1. The smallest absolute Gasteiger partial charge is 0.0666 e.